The standard InChI is InChI=1S/C10H12N4OS2/c1-5-7(17-10(11)14-5)8(15)13-6(2)9-12-3-4-16-9/h3-4,6H,1-2H3,(H2,11,14)(H,13,15). The summed E-state index contributed by atoms with van der Waals surface area (Å²) >= 11 is 2.71. The van der Waals surface area contributed by atoms with E-state index in [1.165, 1.54) is 22.7 Å². The van der Waals surface area contributed by atoms with Gasteiger partial charge >= 0.3 is 0 Å². The lowest BCUT2D eigenvalue weighted by Gasteiger charge is -2.10. The SMILES string of the molecule is Cc1nc(N)sc1C(=O)NC(C)c1nccs1. The summed E-state index contributed by atoms with van der Waals surface area (Å²) in [5.41, 5.74) is 6.22. The van der Waals surface area contributed by atoms with Crippen LogP contribution < -0.4 is 11.1 Å². The zero-order chi connectivity index (χ0) is 12.4. The van der Waals surface area contributed by atoms with Gasteiger partial charge in [-0.05, 0) is 13.8 Å². The highest BCUT2D eigenvalue weighted by atomic mass is 32.1. The number of nitrogens with one attached hydrogen (secondary N) is 1. The number of amides is 1. The monoisotopic (exact) mass is 268 g/mol. The number of aromatic nitrogens is 2. The van der Waals surface area contributed by atoms with Crippen LogP contribution in [-0.2, 0) is 0 Å². The second kappa shape index (κ2) is 4.80. The third-order valence-electron chi connectivity index (χ3n) is 2.19. The molecule has 1 atom stereocenters. The van der Waals surface area contributed by atoms with Gasteiger partial charge in [0.25, 0.3) is 5.91 Å². The number of hydrogen-bond acceptors (Lipinski definition) is 6. The first-order valence-corrected chi connectivity index (χ1v) is 6.70. The molecule has 5 nitrogen and oxygen atoms in total. The third-order valence-corrected chi connectivity index (χ3v) is 4.13. The Kier molecular flexibility index (Phi) is 3.39. The van der Waals surface area contributed by atoms with E-state index < -0.39 is 0 Å². The van der Waals surface area contributed by atoms with E-state index in [2.05, 4.69) is 15.3 Å². The lowest BCUT2D eigenvalue weighted by molar-refractivity contribution is 0.0943. The molecule has 0 bridgehead atoms. The van der Waals surface area contributed by atoms with Gasteiger partial charge in [0.15, 0.2) is 5.13 Å². The Bertz CT molecular complexity index is 520. The van der Waals surface area contributed by atoms with Gasteiger partial charge in [0.2, 0.25) is 0 Å². The Hall–Kier alpha value is -1.47. The van der Waals surface area contributed by atoms with Gasteiger partial charge in [-0.3, -0.25) is 4.79 Å². The van der Waals surface area contributed by atoms with Gasteiger partial charge in [0.1, 0.15) is 9.88 Å². The Morgan fingerprint density at radius 2 is 2.35 bits per heavy atom. The predicted molar refractivity (Wildman–Crippen MR) is 69.3 cm³/mol. The quantitative estimate of drug-likeness (QED) is 0.892. The van der Waals surface area contributed by atoms with Crippen LogP contribution in [0.4, 0.5) is 5.13 Å². The summed E-state index contributed by atoms with van der Waals surface area (Å²) in [4.78, 5) is 20.7. The molecule has 0 aromatic carbocycles. The maximum Gasteiger partial charge on any atom is 0.263 e. The highest BCUT2D eigenvalue weighted by molar-refractivity contribution is 7.17. The maximum atomic E-state index is 12.0. The van der Waals surface area contributed by atoms with Crippen LogP contribution in [0.25, 0.3) is 0 Å². The molecular formula is C10H12N4OS2. The molecule has 1 unspecified atom stereocenters. The van der Waals surface area contributed by atoms with Crippen LogP contribution in [0.3, 0.4) is 0 Å². The fourth-order valence-corrected chi connectivity index (χ4v) is 2.78. The number of nitrogen functional groups attached to an aromatic ring is 1. The molecule has 2 aromatic rings. The molecule has 0 aliphatic rings. The molecule has 2 aromatic heterocycles. The molecular weight excluding hydrogens is 256 g/mol. The molecule has 2 heterocycles. The van der Waals surface area contributed by atoms with E-state index in [1.54, 1.807) is 13.1 Å². The Labute approximate surface area is 107 Å². The molecule has 0 fully saturated rings. The molecule has 0 saturated heterocycles. The number of rotatable bonds is 3. The van der Waals surface area contributed by atoms with Gasteiger partial charge in [-0.1, -0.05) is 11.3 Å². The topological polar surface area (TPSA) is 80.9 Å². The second-order valence-corrected chi connectivity index (χ2v) is 5.49. The summed E-state index contributed by atoms with van der Waals surface area (Å²) in [6, 6.07) is -0.106. The van der Waals surface area contributed by atoms with E-state index in [0.29, 0.717) is 15.7 Å². The van der Waals surface area contributed by atoms with Crippen LogP contribution in [-0.4, -0.2) is 15.9 Å². The first-order chi connectivity index (χ1) is 8.08. The molecule has 0 aliphatic carbocycles. The van der Waals surface area contributed by atoms with Crippen molar-refractivity contribution in [3.05, 3.63) is 27.2 Å². The van der Waals surface area contributed by atoms with Crippen LogP contribution in [0.5, 0.6) is 0 Å². The van der Waals surface area contributed by atoms with Crippen LogP contribution in [0.2, 0.25) is 0 Å². The van der Waals surface area contributed by atoms with E-state index in [-0.39, 0.29) is 11.9 Å². The van der Waals surface area contributed by atoms with Crippen molar-refractivity contribution in [3.63, 3.8) is 0 Å². The minimum Gasteiger partial charge on any atom is -0.375 e. The fraction of sp³-hybridized carbons (Fsp3) is 0.300. The largest absolute Gasteiger partial charge is 0.375 e. The molecule has 2 rings (SSSR count). The van der Waals surface area contributed by atoms with Crippen LogP contribution >= 0.6 is 22.7 Å². The Morgan fingerprint density at radius 1 is 1.59 bits per heavy atom. The van der Waals surface area contributed by atoms with Gasteiger partial charge in [-0.2, -0.15) is 0 Å². The van der Waals surface area contributed by atoms with Crippen LogP contribution in [0.15, 0.2) is 11.6 Å². The normalized spacial score (nSPS) is 12.4. The van der Waals surface area contributed by atoms with Crippen molar-refractivity contribution < 1.29 is 4.79 Å². The number of aryl methyl sites for hydroxylation is 1. The first-order valence-electron chi connectivity index (χ1n) is 5.01. The summed E-state index contributed by atoms with van der Waals surface area (Å²) in [6.07, 6.45) is 1.72. The van der Waals surface area contributed by atoms with Gasteiger partial charge < -0.3 is 11.1 Å². The van der Waals surface area contributed by atoms with Gasteiger partial charge in [0, 0.05) is 11.6 Å². The molecule has 0 spiro atoms. The smallest absolute Gasteiger partial charge is 0.263 e. The average Bonchev–Trinajstić information content (AvgIpc) is 2.87. The van der Waals surface area contributed by atoms with Crippen molar-refractivity contribution in [2.45, 2.75) is 19.9 Å². The zero-order valence-corrected chi connectivity index (χ0v) is 11.1. The lowest BCUT2D eigenvalue weighted by atomic mass is 10.3. The highest BCUT2D eigenvalue weighted by Gasteiger charge is 2.17. The van der Waals surface area contributed by atoms with Crippen molar-refractivity contribution in [3.8, 4) is 0 Å². The van der Waals surface area contributed by atoms with Crippen molar-refractivity contribution in [2.24, 2.45) is 0 Å². The van der Waals surface area contributed by atoms with Gasteiger partial charge in [-0.15, -0.1) is 11.3 Å². The van der Waals surface area contributed by atoms with E-state index in [0.717, 1.165) is 5.01 Å². The minimum atomic E-state index is -0.153. The van der Waals surface area contributed by atoms with E-state index >= 15 is 0 Å². The van der Waals surface area contributed by atoms with E-state index in [4.69, 9.17) is 5.73 Å². The van der Waals surface area contributed by atoms with E-state index in [1.807, 2.05) is 12.3 Å². The summed E-state index contributed by atoms with van der Waals surface area (Å²) in [7, 11) is 0. The molecule has 7 heteroatoms. The maximum absolute atomic E-state index is 12.0. The van der Waals surface area contributed by atoms with Crippen molar-refractivity contribution in [1.82, 2.24) is 15.3 Å². The minimum absolute atomic E-state index is 0.106. The highest BCUT2D eigenvalue weighted by Crippen LogP contribution is 2.21. The number of thiazole rings is 2. The molecule has 0 aliphatic heterocycles. The first kappa shape index (κ1) is 12.0. The second-order valence-electron chi connectivity index (χ2n) is 3.53. The van der Waals surface area contributed by atoms with Crippen LogP contribution in [0.1, 0.15) is 33.3 Å². The molecule has 1 amide bonds. The lowest BCUT2D eigenvalue weighted by Crippen LogP contribution is -2.26. The molecule has 17 heavy (non-hydrogen) atoms. The number of carbonyl (C=O) groups excluding carboxylic acids is 1. The van der Waals surface area contributed by atoms with E-state index in [9.17, 15) is 4.79 Å². The summed E-state index contributed by atoms with van der Waals surface area (Å²) in [6.45, 7) is 3.67. The number of nitrogens with two attached hydrogens (primary N) is 1. The predicted octanol–water partition coefficient (Wildman–Crippen LogP) is 1.98. The van der Waals surface area contributed by atoms with Crippen LogP contribution in [0, 0.1) is 6.92 Å². The molecule has 90 valence electrons. The Balaban J connectivity index is 2.09. The average molecular weight is 268 g/mol. The summed E-state index contributed by atoms with van der Waals surface area (Å²) in [5.74, 6) is -0.153. The number of hydrogen-bond donors (Lipinski definition) is 2. The third kappa shape index (κ3) is 2.62. The van der Waals surface area contributed by atoms with Crippen molar-refractivity contribution in [1.29, 1.82) is 0 Å². The summed E-state index contributed by atoms with van der Waals surface area (Å²) < 4.78 is 0. The zero-order valence-electron chi connectivity index (χ0n) is 9.43. The number of nitrogens with zero attached hydrogens (tertiary/aromatic N) is 2. The fourth-order valence-electron chi connectivity index (χ4n) is 1.40. The molecule has 3 N–H and O–H groups in total. The molecule has 0 saturated carbocycles. The van der Waals surface area contributed by atoms with Crippen molar-refractivity contribution >= 4 is 33.7 Å². The van der Waals surface area contributed by atoms with Gasteiger partial charge in [0.05, 0.1) is 11.7 Å². The van der Waals surface area contributed by atoms with Gasteiger partial charge in [-0.25, -0.2) is 9.97 Å². The number of carbonyl (C=O) groups is 1. The summed E-state index contributed by atoms with van der Waals surface area (Å²) in [5, 5.41) is 6.05. The number of anilines is 1. The Morgan fingerprint density at radius 3 is 2.88 bits per heavy atom. The molecule has 0 radical (unpaired) electrons. The van der Waals surface area contributed by atoms with Crippen molar-refractivity contribution in [2.75, 3.05) is 5.73 Å².